The van der Waals surface area contributed by atoms with Gasteiger partial charge in [0.15, 0.2) is 12.2 Å². The van der Waals surface area contributed by atoms with Gasteiger partial charge in [-0.3, -0.25) is 37.3 Å². The van der Waals surface area contributed by atoms with E-state index in [1.807, 2.05) is 0 Å². The molecule has 0 spiro atoms. The highest BCUT2D eigenvalue weighted by atomic mass is 31.2. The summed E-state index contributed by atoms with van der Waals surface area (Å²) >= 11 is 0. The van der Waals surface area contributed by atoms with Crippen LogP contribution in [-0.4, -0.2) is 96.7 Å². The summed E-state index contributed by atoms with van der Waals surface area (Å²) in [4.78, 5) is 72.5. The molecule has 0 saturated heterocycles. The molecule has 0 aromatic heterocycles. The topological polar surface area (TPSA) is 237 Å². The first kappa shape index (κ1) is 87.1. The molecule has 528 valence electrons. The number of aliphatic hydroxyl groups is 1. The van der Waals surface area contributed by atoms with E-state index in [0.717, 1.165) is 95.8 Å². The van der Waals surface area contributed by atoms with Gasteiger partial charge in [-0.25, -0.2) is 9.13 Å². The van der Waals surface area contributed by atoms with Crippen molar-refractivity contribution in [3.05, 3.63) is 0 Å². The summed E-state index contributed by atoms with van der Waals surface area (Å²) in [5, 5.41) is 10.6. The van der Waals surface area contributed by atoms with Gasteiger partial charge in [0.1, 0.15) is 19.3 Å². The van der Waals surface area contributed by atoms with Gasteiger partial charge in [0, 0.05) is 25.7 Å². The summed E-state index contributed by atoms with van der Waals surface area (Å²) in [6.45, 7) is 7.23. The Morgan fingerprint density at radius 2 is 0.539 bits per heavy atom. The number of carbonyl (C=O) groups excluding carboxylic acids is 4. The monoisotopic (exact) mass is 1310 g/mol. The Bertz CT molecular complexity index is 1720. The van der Waals surface area contributed by atoms with Gasteiger partial charge in [0.25, 0.3) is 0 Å². The van der Waals surface area contributed by atoms with Gasteiger partial charge in [-0.2, -0.15) is 0 Å². The lowest BCUT2D eigenvalue weighted by molar-refractivity contribution is -0.161. The summed E-state index contributed by atoms with van der Waals surface area (Å²) < 4.78 is 68.3. The number of ether oxygens (including phenoxy) is 4. The first-order valence-corrected chi connectivity index (χ1v) is 39.7. The van der Waals surface area contributed by atoms with Crippen molar-refractivity contribution < 1.29 is 80.2 Å². The number of phosphoric ester groups is 2. The van der Waals surface area contributed by atoms with Crippen molar-refractivity contribution >= 4 is 39.5 Å². The molecule has 0 aromatic carbocycles. The second kappa shape index (κ2) is 63.5. The van der Waals surface area contributed by atoms with E-state index in [1.165, 1.54) is 186 Å². The maximum Gasteiger partial charge on any atom is 0.472 e. The average molecular weight is 1310 g/mol. The number of phosphoric acid groups is 2. The zero-order valence-corrected chi connectivity index (χ0v) is 59.4. The lowest BCUT2D eigenvalue weighted by Gasteiger charge is -2.21. The number of esters is 4. The van der Waals surface area contributed by atoms with Gasteiger partial charge in [-0.1, -0.05) is 311 Å². The molecule has 0 fully saturated rings. The molecule has 89 heavy (non-hydrogen) atoms. The molecular formula is C70H136O17P2. The Hall–Kier alpha value is -1.94. The summed E-state index contributed by atoms with van der Waals surface area (Å²) in [5.74, 6) is -1.35. The number of hydrogen-bond acceptors (Lipinski definition) is 15. The van der Waals surface area contributed by atoms with E-state index in [4.69, 9.17) is 37.0 Å². The smallest absolute Gasteiger partial charge is 0.462 e. The van der Waals surface area contributed by atoms with Gasteiger partial charge in [-0.15, -0.1) is 0 Å². The zero-order chi connectivity index (χ0) is 65.6. The third kappa shape index (κ3) is 63.2. The highest BCUT2D eigenvalue weighted by molar-refractivity contribution is 7.47. The Morgan fingerprint density at radius 1 is 0.315 bits per heavy atom. The first-order chi connectivity index (χ1) is 43.1. The van der Waals surface area contributed by atoms with Crippen molar-refractivity contribution in [1.29, 1.82) is 0 Å². The van der Waals surface area contributed by atoms with Crippen LogP contribution >= 0.6 is 15.6 Å². The number of carbonyl (C=O) groups is 4. The molecule has 0 radical (unpaired) electrons. The third-order valence-electron chi connectivity index (χ3n) is 16.6. The van der Waals surface area contributed by atoms with Gasteiger partial charge in [0.2, 0.25) is 0 Å². The molecule has 3 N–H and O–H groups in total. The van der Waals surface area contributed by atoms with E-state index in [-0.39, 0.29) is 25.7 Å². The molecule has 0 heterocycles. The third-order valence-corrected chi connectivity index (χ3v) is 18.5. The van der Waals surface area contributed by atoms with E-state index >= 15 is 0 Å². The van der Waals surface area contributed by atoms with Gasteiger partial charge in [0.05, 0.1) is 26.4 Å². The highest BCUT2D eigenvalue weighted by Gasteiger charge is 2.30. The van der Waals surface area contributed by atoms with Gasteiger partial charge in [-0.05, 0) is 31.6 Å². The van der Waals surface area contributed by atoms with Crippen molar-refractivity contribution in [2.45, 2.75) is 380 Å². The van der Waals surface area contributed by atoms with Crippen molar-refractivity contribution in [3.8, 4) is 0 Å². The number of unbranched alkanes of at least 4 members (excludes halogenated alkanes) is 41. The number of rotatable bonds is 70. The zero-order valence-electron chi connectivity index (χ0n) is 57.6. The summed E-state index contributed by atoms with van der Waals surface area (Å²) in [6, 6.07) is 0. The molecular weight excluding hydrogens is 1170 g/mol. The fourth-order valence-electron chi connectivity index (χ4n) is 10.6. The molecule has 0 bridgehead atoms. The SMILES string of the molecule is CCCCCCCCCCCCCCCCCC(=O)O[C@H](COC(=O)CCCCCCCCCCCCCCC)COP(=O)(O)OC[C@@H](O)COP(=O)(O)OC[C@@H](COC(=O)CCCCCCCCCCC)OC(=O)CCCCCCCCCCC(C)CC. The molecule has 0 rings (SSSR count). The average Bonchev–Trinajstić information content (AvgIpc) is 3.55. The quantitative estimate of drug-likeness (QED) is 0.0222. The molecule has 0 aliphatic heterocycles. The summed E-state index contributed by atoms with van der Waals surface area (Å²) in [7, 11) is -9.90. The number of aliphatic hydroxyl groups excluding tert-OH is 1. The molecule has 0 aromatic rings. The molecule has 0 amide bonds. The van der Waals surface area contributed by atoms with Crippen LogP contribution in [0.1, 0.15) is 362 Å². The second-order valence-corrected chi connectivity index (χ2v) is 28.4. The lowest BCUT2D eigenvalue weighted by Crippen LogP contribution is -2.30. The minimum atomic E-state index is -4.95. The summed E-state index contributed by atoms with van der Waals surface area (Å²) in [6.07, 6.45) is 49.8. The van der Waals surface area contributed by atoms with E-state index in [9.17, 15) is 43.2 Å². The Balaban J connectivity index is 5.24. The van der Waals surface area contributed by atoms with Crippen molar-refractivity contribution in [3.63, 3.8) is 0 Å². The molecule has 3 unspecified atom stereocenters. The molecule has 0 saturated carbocycles. The molecule has 0 aliphatic rings. The van der Waals surface area contributed by atoms with Crippen LogP contribution in [0.2, 0.25) is 0 Å². The minimum absolute atomic E-state index is 0.105. The summed E-state index contributed by atoms with van der Waals surface area (Å²) in [5.41, 5.74) is 0. The molecule has 6 atom stereocenters. The standard InChI is InChI=1S/C70H136O17P2/c1-6-10-13-16-19-22-24-26-27-29-31-34-40-45-50-55-69(74)86-65(60-81-68(73)54-49-44-39-33-30-28-25-23-20-17-14-11-7-2)61-84-88(76,77)82-57-64(71)58-83-89(78,79)85-62-66(59-80-67(72)53-48-43-38-32-21-18-15-12-8-3)87-70(75)56-51-46-41-36-35-37-42-47-52-63(5)9-4/h63-66,71H,6-62H2,1-5H3,(H,76,77)(H,78,79)/t63?,64-,65-,66-/m1/s1. The predicted octanol–water partition coefficient (Wildman–Crippen LogP) is 20.1. The van der Waals surface area contributed by atoms with Crippen LogP contribution in [-0.2, 0) is 65.4 Å². The van der Waals surface area contributed by atoms with Gasteiger partial charge < -0.3 is 33.8 Å². The van der Waals surface area contributed by atoms with E-state index < -0.39 is 97.5 Å². The van der Waals surface area contributed by atoms with Crippen molar-refractivity contribution in [2.75, 3.05) is 39.6 Å². The van der Waals surface area contributed by atoms with Crippen LogP contribution in [0.4, 0.5) is 0 Å². The normalized spacial score (nSPS) is 14.4. The van der Waals surface area contributed by atoms with E-state index in [0.29, 0.717) is 25.7 Å². The van der Waals surface area contributed by atoms with Crippen LogP contribution in [0.25, 0.3) is 0 Å². The maximum absolute atomic E-state index is 13.0. The highest BCUT2D eigenvalue weighted by Crippen LogP contribution is 2.45. The molecule has 17 nitrogen and oxygen atoms in total. The van der Waals surface area contributed by atoms with Crippen LogP contribution in [0.3, 0.4) is 0 Å². The molecule has 19 heteroatoms. The fourth-order valence-corrected chi connectivity index (χ4v) is 12.2. The van der Waals surface area contributed by atoms with E-state index in [1.54, 1.807) is 0 Å². The maximum atomic E-state index is 13.0. The lowest BCUT2D eigenvalue weighted by atomic mass is 9.99. The minimum Gasteiger partial charge on any atom is -0.462 e. The van der Waals surface area contributed by atoms with Crippen LogP contribution < -0.4 is 0 Å². The van der Waals surface area contributed by atoms with Crippen molar-refractivity contribution in [2.24, 2.45) is 5.92 Å². The molecule has 0 aliphatic carbocycles. The van der Waals surface area contributed by atoms with Crippen LogP contribution in [0, 0.1) is 5.92 Å². The first-order valence-electron chi connectivity index (χ1n) is 36.7. The van der Waals surface area contributed by atoms with Crippen LogP contribution in [0.5, 0.6) is 0 Å². The Morgan fingerprint density at radius 3 is 0.798 bits per heavy atom. The van der Waals surface area contributed by atoms with E-state index in [2.05, 4.69) is 34.6 Å². The number of hydrogen-bond donors (Lipinski definition) is 3. The fraction of sp³-hybridized carbons (Fsp3) is 0.943. The Labute approximate surface area is 543 Å². The van der Waals surface area contributed by atoms with Crippen molar-refractivity contribution in [1.82, 2.24) is 0 Å². The Kier molecular flexibility index (Phi) is 62.1. The predicted molar refractivity (Wildman–Crippen MR) is 358 cm³/mol. The second-order valence-electron chi connectivity index (χ2n) is 25.5. The van der Waals surface area contributed by atoms with Crippen LogP contribution in [0.15, 0.2) is 0 Å². The van der Waals surface area contributed by atoms with Gasteiger partial charge >= 0.3 is 39.5 Å². The largest absolute Gasteiger partial charge is 0.472 e.